The molecule has 10 nitrogen and oxygen atoms in total. The molecule has 0 bridgehead atoms. The molecular formula is C15H15N6O4S+. The van der Waals surface area contributed by atoms with Crippen molar-refractivity contribution in [3.05, 3.63) is 35.4 Å². The predicted octanol–water partition coefficient (Wildman–Crippen LogP) is 2.02. The Kier molecular flexibility index (Phi) is 4.98. The number of benzene rings is 1. The number of nitrogens with one attached hydrogen (secondary N) is 1. The molecule has 0 radical (unpaired) electrons. The van der Waals surface area contributed by atoms with Crippen molar-refractivity contribution in [3.8, 4) is 22.6 Å². The van der Waals surface area contributed by atoms with Crippen LogP contribution in [0.4, 0.5) is 5.69 Å². The van der Waals surface area contributed by atoms with E-state index < -0.39 is 5.97 Å². The van der Waals surface area contributed by atoms with Gasteiger partial charge >= 0.3 is 11.7 Å². The Bertz CT molecular complexity index is 967. The van der Waals surface area contributed by atoms with Crippen LogP contribution in [0.1, 0.15) is 0 Å². The topological polar surface area (TPSA) is 126 Å². The van der Waals surface area contributed by atoms with Crippen LogP contribution >= 0.6 is 11.8 Å². The number of aromatic nitrogens is 5. The number of carbonyl (C=O) groups is 1. The average molecular weight is 375 g/mol. The third-order valence-corrected chi connectivity index (χ3v) is 4.20. The molecule has 26 heavy (non-hydrogen) atoms. The maximum Gasteiger partial charge on any atom is 0.318 e. The molecule has 0 spiro atoms. The van der Waals surface area contributed by atoms with E-state index >= 15 is 0 Å². The highest BCUT2D eigenvalue weighted by molar-refractivity contribution is 7.99. The Hall–Kier alpha value is -3.21. The number of aryl methyl sites for hydroxylation is 1. The Labute approximate surface area is 151 Å². The molecule has 2 heterocycles. The van der Waals surface area contributed by atoms with E-state index in [0.717, 1.165) is 11.8 Å². The number of aliphatic carboxylic acids is 1. The van der Waals surface area contributed by atoms with Crippen LogP contribution in [0.15, 0.2) is 35.6 Å². The summed E-state index contributed by atoms with van der Waals surface area (Å²) in [5, 5.41) is 20.1. The number of nitrogens with zero attached hydrogens (tertiary/aromatic N) is 5. The van der Waals surface area contributed by atoms with Gasteiger partial charge in [0, 0.05) is 36.5 Å². The highest BCUT2D eigenvalue weighted by Gasteiger charge is 2.20. The SMILES string of the molecule is CO[N+](=O)c1cc(-c2ccn(C)n2)cc(-c2nc(SCC(=O)O)n[nH]2)c1. The minimum absolute atomic E-state index is 0.144. The molecule has 3 aromatic rings. The fourth-order valence-electron chi connectivity index (χ4n) is 2.24. The van der Waals surface area contributed by atoms with E-state index in [0.29, 0.717) is 32.7 Å². The second-order valence-electron chi connectivity index (χ2n) is 5.23. The first-order chi connectivity index (χ1) is 12.5. The van der Waals surface area contributed by atoms with E-state index in [4.69, 9.17) is 9.94 Å². The summed E-state index contributed by atoms with van der Waals surface area (Å²) in [6.45, 7) is 0. The first-order valence-corrected chi connectivity index (χ1v) is 8.38. The zero-order chi connectivity index (χ0) is 18.7. The molecule has 1 aromatic carbocycles. The quantitative estimate of drug-likeness (QED) is 0.474. The summed E-state index contributed by atoms with van der Waals surface area (Å²) in [6, 6.07) is 6.87. The van der Waals surface area contributed by atoms with Crippen molar-refractivity contribution in [2.45, 2.75) is 5.16 Å². The lowest BCUT2D eigenvalue weighted by molar-refractivity contribution is -0.736. The number of thioether (sulfide) groups is 1. The molecule has 11 heteroatoms. The Morgan fingerprint density at radius 2 is 2.15 bits per heavy atom. The van der Waals surface area contributed by atoms with Gasteiger partial charge in [0.25, 0.3) is 4.92 Å². The molecule has 0 fully saturated rings. The molecule has 0 aliphatic heterocycles. The zero-order valence-electron chi connectivity index (χ0n) is 13.9. The standard InChI is InChI=1S/C15H14N6O4S/c1-20-4-3-12(19-20)9-5-10(7-11(6-9)21(24)25-2)14-16-15(18-17-14)26-8-13(22)23/h3-7H,8H2,1-2H3,(H-,16,17,18,22,23)/p+1. The molecule has 3 rings (SSSR count). The third kappa shape index (κ3) is 3.88. The maximum absolute atomic E-state index is 11.9. The van der Waals surface area contributed by atoms with Crippen LogP contribution in [0.25, 0.3) is 22.6 Å². The minimum atomic E-state index is -0.956. The zero-order valence-corrected chi connectivity index (χ0v) is 14.7. The second-order valence-corrected chi connectivity index (χ2v) is 6.17. The van der Waals surface area contributed by atoms with Gasteiger partial charge in [0.15, 0.2) is 12.9 Å². The summed E-state index contributed by atoms with van der Waals surface area (Å²) in [4.78, 5) is 32.0. The second kappa shape index (κ2) is 7.35. The number of hydrogen-bond donors (Lipinski definition) is 2. The lowest BCUT2D eigenvalue weighted by Gasteiger charge is -2.01. The summed E-state index contributed by atoms with van der Waals surface area (Å²) in [5.74, 6) is -0.696. The van der Waals surface area contributed by atoms with Gasteiger partial charge in [-0.3, -0.25) is 14.6 Å². The highest BCUT2D eigenvalue weighted by Crippen LogP contribution is 2.30. The fourth-order valence-corrected chi connectivity index (χ4v) is 2.76. The molecular weight excluding hydrogens is 360 g/mol. The highest BCUT2D eigenvalue weighted by atomic mass is 32.2. The van der Waals surface area contributed by atoms with E-state index in [1.54, 1.807) is 30.1 Å². The first kappa shape index (κ1) is 17.6. The number of aromatic amines is 1. The van der Waals surface area contributed by atoms with Crippen LogP contribution < -0.4 is 0 Å². The van der Waals surface area contributed by atoms with Crippen molar-refractivity contribution < 1.29 is 19.7 Å². The van der Waals surface area contributed by atoms with Crippen LogP contribution in [0, 0.1) is 4.91 Å². The minimum Gasteiger partial charge on any atom is -0.481 e. The van der Waals surface area contributed by atoms with Crippen LogP contribution in [0.5, 0.6) is 0 Å². The molecule has 2 aromatic heterocycles. The van der Waals surface area contributed by atoms with Gasteiger partial charge in [-0.1, -0.05) is 11.8 Å². The van der Waals surface area contributed by atoms with Gasteiger partial charge in [-0.05, 0) is 12.1 Å². The Morgan fingerprint density at radius 1 is 1.38 bits per heavy atom. The van der Waals surface area contributed by atoms with Gasteiger partial charge in [0.1, 0.15) is 0 Å². The van der Waals surface area contributed by atoms with E-state index in [1.807, 2.05) is 12.1 Å². The van der Waals surface area contributed by atoms with Crippen LogP contribution in [0.3, 0.4) is 0 Å². The summed E-state index contributed by atoms with van der Waals surface area (Å²) in [6.07, 6.45) is 1.79. The van der Waals surface area contributed by atoms with Crippen LogP contribution in [0.2, 0.25) is 0 Å². The molecule has 0 amide bonds. The lowest BCUT2D eigenvalue weighted by Crippen LogP contribution is -1.99. The predicted molar refractivity (Wildman–Crippen MR) is 92.7 cm³/mol. The van der Waals surface area contributed by atoms with Crippen molar-refractivity contribution in [1.29, 1.82) is 0 Å². The Balaban J connectivity index is 2.00. The fraction of sp³-hybridized carbons (Fsp3) is 0.200. The maximum atomic E-state index is 11.9. The summed E-state index contributed by atoms with van der Waals surface area (Å²) < 4.78 is 1.65. The molecule has 0 aliphatic carbocycles. The number of carboxylic acids is 1. The monoisotopic (exact) mass is 375 g/mol. The van der Waals surface area contributed by atoms with Gasteiger partial charge in [-0.25, -0.2) is 9.82 Å². The number of rotatable bonds is 7. The van der Waals surface area contributed by atoms with E-state index in [9.17, 15) is 9.70 Å². The van der Waals surface area contributed by atoms with Crippen molar-refractivity contribution in [1.82, 2.24) is 25.0 Å². The smallest absolute Gasteiger partial charge is 0.318 e. The van der Waals surface area contributed by atoms with Gasteiger partial charge in [0.05, 0.1) is 16.4 Å². The number of carboxylic acid groups (broad SMARTS) is 1. The van der Waals surface area contributed by atoms with Gasteiger partial charge in [0.2, 0.25) is 5.16 Å². The van der Waals surface area contributed by atoms with Crippen molar-refractivity contribution >= 4 is 23.4 Å². The summed E-state index contributed by atoms with van der Waals surface area (Å²) >= 11 is 0.997. The lowest BCUT2D eigenvalue weighted by atomic mass is 10.1. The van der Waals surface area contributed by atoms with E-state index in [-0.39, 0.29) is 11.4 Å². The molecule has 0 unspecified atom stereocenters. The first-order valence-electron chi connectivity index (χ1n) is 7.40. The van der Waals surface area contributed by atoms with Crippen LogP contribution in [-0.2, 0) is 16.7 Å². The molecule has 0 saturated carbocycles. The van der Waals surface area contributed by atoms with E-state index in [1.165, 1.54) is 7.11 Å². The molecule has 0 atom stereocenters. The van der Waals surface area contributed by atoms with Crippen LogP contribution in [-0.4, -0.2) is 53.8 Å². The number of H-pyrrole nitrogens is 1. The Morgan fingerprint density at radius 3 is 2.81 bits per heavy atom. The van der Waals surface area contributed by atoms with Gasteiger partial charge < -0.3 is 5.11 Å². The third-order valence-electron chi connectivity index (χ3n) is 3.37. The average Bonchev–Trinajstić information content (AvgIpc) is 3.28. The van der Waals surface area contributed by atoms with Crippen molar-refractivity contribution in [2.24, 2.45) is 7.05 Å². The molecule has 0 saturated heterocycles. The van der Waals surface area contributed by atoms with Gasteiger partial charge in [-0.2, -0.15) is 5.10 Å². The molecule has 0 aliphatic rings. The van der Waals surface area contributed by atoms with Crippen molar-refractivity contribution in [3.63, 3.8) is 0 Å². The number of hydrogen-bond acceptors (Lipinski definition) is 7. The normalized spacial score (nSPS) is 10.7. The molecule has 134 valence electrons. The largest absolute Gasteiger partial charge is 0.481 e. The summed E-state index contributed by atoms with van der Waals surface area (Å²) in [5.41, 5.74) is 2.24. The van der Waals surface area contributed by atoms with Gasteiger partial charge in [-0.15, -0.1) is 5.10 Å². The van der Waals surface area contributed by atoms with Crippen molar-refractivity contribution in [2.75, 3.05) is 12.9 Å². The molecule has 2 N–H and O–H groups in total. The van der Waals surface area contributed by atoms with E-state index in [2.05, 4.69) is 20.3 Å². The summed E-state index contributed by atoms with van der Waals surface area (Å²) in [7, 11) is 3.07.